The third kappa shape index (κ3) is 3.33. The van der Waals surface area contributed by atoms with Gasteiger partial charge in [0.15, 0.2) is 23.0 Å². The van der Waals surface area contributed by atoms with Gasteiger partial charge in [-0.05, 0) is 44.0 Å². The molecule has 1 aliphatic rings. The molecule has 0 aliphatic carbocycles. The van der Waals surface area contributed by atoms with E-state index in [1.165, 1.54) is 0 Å². The van der Waals surface area contributed by atoms with E-state index < -0.39 is 0 Å². The summed E-state index contributed by atoms with van der Waals surface area (Å²) in [6.45, 7) is 2.60. The van der Waals surface area contributed by atoms with Crippen LogP contribution in [0.25, 0.3) is 11.7 Å². The Morgan fingerprint density at radius 3 is 2.83 bits per heavy atom. The lowest BCUT2D eigenvalue weighted by atomic mass is 10.1. The minimum absolute atomic E-state index is 0.0492. The van der Waals surface area contributed by atoms with E-state index in [1.54, 1.807) is 20.3 Å². The molecule has 150 valence electrons. The summed E-state index contributed by atoms with van der Waals surface area (Å²) in [7, 11) is 3.17. The van der Waals surface area contributed by atoms with Crippen LogP contribution in [0.2, 0.25) is 0 Å². The quantitative estimate of drug-likeness (QED) is 0.661. The summed E-state index contributed by atoms with van der Waals surface area (Å²) in [6, 6.07) is 9.26. The van der Waals surface area contributed by atoms with Gasteiger partial charge in [-0.15, -0.1) is 10.2 Å². The van der Waals surface area contributed by atoms with Crippen molar-refractivity contribution in [2.75, 3.05) is 20.8 Å². The molecule has 0 radical (unpaired) electrons. The van der Waals surface area contributed by atoms with Crippen LogP contribution in [0, 0.1) is 0 Å². The maximum atomic E-state index is 13.5. The van der Waals surface area contributed by atoms with Crippen molar-refractivity contribution in [2.24, 2.45) is 0 Å². The van der Waals surface area contributed by atoms with Crippen molar-refractivity contribution in [2.45, 2.75) is 25.8 Å². The monoisotopic (exact) mass is 392 g/mol. The van der Waals surface area contributed by atoms with Crippen LogP contribution in [0.4, 0.5) is 0 Å². The number of carbonyl (C=O) groups is 1. The number of hydrogen-bond donors (Lipinski definition) is 0. The van der Waals surface area contributed by atoms with Crippen molar-refractivity contribution in [3.8, 4) is 11.5 Å². The first-order valence-corrected chi connectivity index (χ1v) is 9.67. The van der Waals surface area contributed by atoms with E-state index in [1.807, 2.05) is 58.8 Å². The van der Waals surface area contributed by atoms with Gasteiger partial charge in [0.2, 0.25) is 0 Å². The minimum atomic E-state index is -0.113. The number of ether oxygens (including phenoxy) is 2. The van der Waals surface area contributed by atoms with Crippen molar-refractivity contribution < 1.29 is 14.3 Å². The number of rotatable bonds is 5. The molecule has 7 heteroatoms. The molecule has 4 rings (SSSR count). The summed E-state index contributed by atoms with van der Waals surface area (Å²) in [6.07, 6.45) is 7.54. The third-order valence-electron chi connectivity index (χ3n) is 5.25. The van der Waals surface area contributed by atoms with Gasteiger partial charge < -0.3 is 14.4 Å². The number of likely N-dealkylation sites (tertiary alicyclic amines) is 1. The van der Waals surface area contributed by atoms with Gasteiger partial charge in [0.05, 0.1) is 20.3 Å². The molecular weight excluding hydrogens is 368 g/mol. The average Bonchev–Trinajstić information content (AvgIpc) is 3.39. The van der Waals surface area contributed by atoms with E-state index in [2.05, 4.69) is 10.2 Å². The molecular formula is C22H24N4O3. The fourth-order valence-electron chi connectivity index (χ4n) is 3.95. The lowest BCUT2D eigenvalue weighted by Crippen LogP contribution is -2.31. The highest BCUT2D eigenvalue weighted by Gasteiger charge is 2.34. The van der Waals surface area contributed by atoms with Gasteiger partial charge in [-0.1, -0.05) is 18.2 Å². The molecule has 1 aliphatic heterocycles. The van der Waals surface area contributed by atoms with E-state index in [4.69, 9.17) is 9.47 Å². The Morgan fingerprint density at radius 1 is 1.21 bits per heavy atom. The Hall–Kier alpha value is -3.35. The van der Waals surface area contributed by atoms with Gasteiger partial charge in [-0.25, -0.2) is 0 Å². The number of allylic oxidation sites excluding steroid dienone is 1. The normalized spacial score (nSPS) is 16.7. The zero-order valence-corrected chi connectivity index (χ0v) is 16.8. The molecule has 7 nitrogen and oxygen atoms in total. The molecule has 0 N–H and O–H groups in total. The lowest BCUT2D eigenvalue weighted by Gasteiger charge is -2.24. The Labute approximate surface area is 169 Å². The predicted octanol–water partition coefficient (Wildman–Crippen LogP) is 3.76. The fourth-order valence-corrected chi connectivity index (χ4v) is 3.95. The highest BCUT2D eigenvalue weighted by atomic mass is 16.5. The van der Waals surface area contributed by atoms with Crippen LogP contribution in [0.3, 0.4) is 0 Å². The number of benzene rings is 1. The maximum Gasteiger partial charge on any atom is 0.254 e. The molecule has 1 amide bonds. The van der Waals surface area contributed by atoms with E-state index in [-0.39, 0.29) is 11.9 Å². The van der Waals surface area contributed by atoms with Crippen LogP contribution in [0.5, 0.6) is 11.5 Å². The second-order valence-corrected chi connectivity index (χ2v) is 6.94. The van der Waals surface area contributed by atoms with Crippen molar-refractivity contribution in [1.82, 2.24) is 19.5 Å². The molecule has 3 aromatic rings. The molecule has 1 unspecified atom stereocenters. The van der Waals surface area contributed by atoms with Crippen LogP contribution in [0.15, 0.2) is 42.6 Å². The van der Waals surface area contributed by atoms with Crippen molar-refractivity contribution in [3.63, 3.8) is 0 Å². The number of aromatic nitrogens is 3. The summed E-state index contributed by atoms with van der Waals surface area (Å²) in [5.74, 6) is 1.89. The van der Waals surface area contributed by atoms with Gasteiger partial charge >= 0.3 is 0 Å². The van der Waals surface area contributed by atoms with Gasteiger partial charge in [0.1, 0.15) is 0 Å². The minimum Gasteiger partial charge on any atom is -0.493 e. The van der Waals surface area contributed by atoms with Gasteiger partial charge in [0, 0.05) is 23.9 Å². The van der Waals surface area contributed by atoms with Gasteiger partial charge in [-0.2, -0.15) is 0 Å². The first-order chi connectivity index (χ1) is 14.2. The van der Waals surface area contributed by atoms with Gasteiger partial charge in [-0.3, -0.25) is 9.20 Å². The Morgan fingerprint density at radius 2 is 2.07 bits per heavy atom. The number of carbonyl (C=O) groups excluding carboxylic acids is 1. The number of amides is 1. The molecule has 0 saturated carbocycles. The summed E-state index contributed by atoms with van der Waals surface area (Å²) in [5.41, 5.74) is 2.15. The second-order valence-electron chi connectivity index (χ2n) is 6.94. The van der Waals surface area contributed by atoms with Crippen LogP contribution in [-0.4, -0.2) is 46.2 Å². The predicted molar refractivity (Wildman–Crippen MR) is 110 cm³/mol. The van der Waals surface area contributed by atoms with E-state index in [9.17, 15) is 4.79 Å². The maximum absolute atomic E-state index is 13.5. The van der Waals surface area contributed by atoms with Gasteiger partial charge in [0.25, 0.3) is 5.91 Å². The van der Waals surface area contributed by atoms with E-state index in [0.29, 0.717) is 23.6 Å². The van der Waals surface area contributed by atoms with Crippen LogP contribution in [0.1, 0.15) is 47.6 Å². The molecule has 0 bridgehead atoms. The topological polar surface area (TPSA) is 69.0 Å². The third-order valence-corrected chi connectivity index (χ3v) is 5.25. The van der Waals surface area contributed by atoms with Crippen molar-refractivity contribution in [1.29, 1.82) is 0 Å². The molecule has 1 atom stereocenters. The SMILES string of the molecule is CC=Cc1cc(C(=O)N2CCCC2c2nnc3ccccn23)cc(OC)c1OC. The summed E-state index contributed by atoms with van der Waals surface area (Å²) in [4.78, 5) is 15.3. The molecule has 1 saturated heterocycles. The number of nitrogens with zero attached hydrogens (tertiary/aromatic N) is 4. The lowest BCUT2D eigenvalue weighted by molar-refractivity contribution is 0.0728. The zero-order chi connectivity index (χ0) is 20.4. The van der Waals surface area contributed by atoms with Crippen molar-refractivity contribution in [3.05, 3.63) is 59.6 Å². The summed E-state index contributed by atoms with van der Waals surface area (Å²) < 4.78 is 12.9. The number of pyridine rings is 1. The molecule has 0 spiro atoms. The van der Waals surface area contributed by atoms with E-state index >= 15 is 0 Å². The molecule has 3 heterocycles. The summed E-state index contributed by atoms with van der Waals surface area (Å²) in [5, 5.41) is 8.62. The highest BCUT2D eigenvalue weighted by Crippen LogP contribution is 2.37. The molecule has 1 fully saturated rings. The Balaban J connectivity index is 1.73. The Bertz CT molecular complexity index is 1070. The number of fused-ring (bicyclic) bond motifs is 1. The van der Waals surface area contributed by atoms with Crippen LogP contribution < -0.4 is 9.47 Å². The highest BCUT2D eigenvalue weighted by molar-refractivity contribution is 5.96. The molecule has 1 aromatic carbocycles. The number of hydrogen-bond acceptors (Lipinski definition) is 5. The Kier molecular flexibility index (Phi) is 5.20. The van der Waals surface area contributed by atoms with Crippen molar-refractivity contribution >= 4 is 17.6 Å². The van der Waals surface area contributed by atoms with Crippen LogP contribution >= 0.6 is 0 Å². The molecule has 2 aromatic heterocycles. The first-order valence-electron chi connectivity index (χ1n) is 9.67. The standard InChI is InChI=1S/C22H24N4O3/c1-4-8-15-13-16(14-18(28-2)20(15)29-3)22(27)25-12-7-9-17(25)21-24-23-19-10-5-6-11-26(19)21/h4-6,8,10-11,13-14,17H,7,9,12H2,1-3H3. The summed E-state index contributed by atoms with van der Waals surface area (Å²) >= 11 is 0. The number of methoxy groups -OCH3 is 2. The smallest absolute Gasteiger partial charge is 0.254 e. The zero-order valence-electron chi connectivity index (χ0n) is 16.8. The second kappa shape index (κ2) is 7.95. The average molecular weight is 392 g/mol. The fraction of sp³-hybridized carbons (Fsp3) is 0.318. The largest absolute Gasteiger partial charge is 0.493 e. The van der Waals surface area contributed by atoms with E-state index in [0.717, 1.165) is 29.9 Å². The first kappa shape index (κ1) is 19.0. The van der Waals surface area contributed by atoms with Crippen LogP contribution in [-0.2, 0) is 0 Å². The molecule has 29 heavy (non-hydrogen) atoms.